The molecule has 0 spiro atoms. The monoisotopic (exact) mass is 240 g/mol. The molecule has 8 heteroatoms. The van der Waals surface area contributed by atoms with Crippen molar-refractivity contribution in [3.63, 3.8) is 0 Å². The van der Waals surface area contributed by atoms with Crippen LogP contribution in [-0.2, 0) is 9.36 Å². The van der Waals surface area contributed by atoms with Gasteiger partial charge in [0.2, 0.25) is 0 Å². The van der Waals surface area contributed by atoms with Gasteiger partial charge in [0.15, 0.2) is 0 Å². The second kappa shape index (κ2) is 6.92. The summed E-state index contributed by atoms with van der Waals surface area (Å²) in [6.45, 7) is 0.477. The molecule has 1 atom stereocenters. The van der Waals surface area contributed by atoms with Crippen LogP contribution < -0.4 is 11.1 Å². The zero-order valence-electron chi connectivity index (χ0n) is 8.30. The molecule has 7 nitrogen and oxygen atoms in total. The summed E-state index contributed by atoms with van der Waals surface area (Å²) in [6, 6.07) is -0.927. The number of aliphatic carboxylic acids is 1. The minimum absolute atomic E-state index is 0.312. The highest BCUT2D eigenvalue weighted by atomic mass is 31.2. The highest BCUT2D eigenvalue weighted by Gasteiger charge is 2.20. The minimum Gasteiger partial charge on any atom is -0.480 e. The van der Waals surface area contributed by atoms with E-state index in [1.54, 1.807) is 0 Å². The van der Waals surface area contributed by atoms with Crippen LogP contribution in [0.3, 0.4) is 0 Å². The fraction of sp³-hybridized carbons (Fsp3) is 0.857. The fourth-order valence-electron chi connectivity index (χ4n) is 1.03. The third kappa shape index (κ3) is 8.53. The molecule has 0 aliphatic heterocycles. The lowest BCUT2D eigenvalue weighted by Crippen LogP contribution is -2.37. The van der Waals surface area contributed by atoms with Gasteiger partial charge in [0.25, 0.3) is 0 Å². The Kier molecular flexibility index (Phi) is 6.71. The molecule has 0 heterocycles. The molecule has 0 bridgehead atoms. The van der Waals surface area contributed by atoms with E-state index in [-0.39, 0.29) is 0 Å². The summed E-state index contributed by atoms with van der Waals surface area (Å²) < 4.78 is 10.5. The molecule has 0 fully saturated rings. The molecular formula is C7H17N2O5P. The van der Waals surface area contributed by atoms with Crippen molar-refractivity contribution < 1.29 is 24.3 Å². The van der Waals surface area contributed by atoms with Crippen LogP contribution in [0.5, 0.6) is 0 Å². The van der Waals surface area contributed by atoms with Crippen molar-refractivity contribution in [2.75, 3.05) is 12.8 Å². The average molecular weight is 240 g/mol. The number of nitrogens with two attached hydrogens (primary N) is 1. The highest BCUT2D eigenvalue weighted by Crippen LogP contribution is 2.32. The molecular weight excluding hydrogens is 223 g/mol. The van der Waals surface area contributed by atoms with E-state index in [0.29, 0.717) is 25.8 Å². The van der Waals surface area contributed by atoms with Gasteiger partial charge in [0.05, 0.1) is 6.29 Å². The number of carboxylic acid groups (broad SMARTS) is 1. The summed E-state index contributed by atoms with van der Waals surface area (Å²) in [5.74, 6) is -1.11. The minimum atomic E-state index is -4.20. The van der Waals surface area contributed by atoms with Crippen LogP contribution >= 0.6 is 7.60 Å². The summed E-state index contributed by atoms with van der Waals surface area (Å²) in [7, 11) is -4.20. The Hall–Kier alpha value is -0.460. The van der Waals surface area contributed by atoms with E-state index in [1.165, 1.54) is 0 Å². The van der Waals surface area contributed by atoms with Crippen LogP contribution in [0.2, 0.25) is 0 Å². The lowest BCUT2D eigenvalue weighted by molar-refractivity contribution is -0.139. The van der Waals surface area contributed by atoms with Gasteiger partial charge in [-0.2, -0.15) is 0 Å². The topological polar surface area (TPSA) is 133 Å². The second-order valence-electron chi connectivity index (χ2n) is 3.20. The normalized spacial score (nSPS) is 13.8. The lowest BCUT2D eigenvalue weighted by atomic mass is 10.1. The smallest absolute Gasteiger partial charge is 0.339 e. The molecule has 0 unspecified atom stereocenters. The van der Waals surface area contributed by atoms with Crippen LogP contribution in [0.1, 0.15) is 19.3 Å². The van der Waals surface area contributed by atoms with E-state index in [4.69, 9.17) is 20.6 Å². The standard InChI is InChI=1S/C7H17N2O5P/c8-4-2-1-3-6(7(10)11)9-5-15(12,13)14/h6,9H,1-5,8H2,(H,10,11)(H2,12,13,14)/t6-/m0/s1. The van der Waals surface area contributed by atoms with Crippen molar-refractivity contribution >= 4 is 13.6 Å². The number of carbonyl (C=O) groups is 1. The largest absolute Gasteiger partial charge is 0.480 e. The quantitative estimate of drug-likeness (QED) is 0.279. The van der Waals surface area contributed by atoms with Crippen LogP contribution in [-0.4, -0.2) is 39.7 Å². The molecule has 0 rings (SSSR count). The molecule has 0 aliphatic rings. The highest BCUT2D eigenvalue weighted by molar-refractivity contribution is 7.51. The predicted molar refractivity (Wildman–Crippen MR) is 54.4 cm³/mol. The van der Waals surface area contributed by atoms with Crippen molar-refractivity contribution in [3.8, 4) is 0 Å². The molecule has 0 aromatic heterocycles. The summed E-state index contributed by atoms with van der Waals surface area (Å²) in [6.07, 6.45) is 1.00. The lowest BCUT2D eigenvalue weighted by Gasteiger charge is -2.14. The van der Waals surface area contributed by atoms with Crippen molar-refractivity contribution in [3.05, 3.63) is 0 Å². The van der Waals surface area contributed by atoms with Crippen LogP contribution in [0.25, 0.3) is 0 Å². The zero-order chi connectivity index (χ0) is 11.9. The maximum absolute atomic E-state index is 10.7. The van der Waals surface area contributed by atoms with E-state index in [2.05, 4.69) is 5.32 Å². The Labute approximate surface area is 87.8 Å². The Morgan fingerprint density at radius 3 is 2.40 bits per heavy atom. The van der Waals surface area contributed by atoms with Gasteiger partial charge in [-0.25, -0.2) is 0 Å². The summed E-state index contributed by atoms with van der Waals surface area (Å²) >= 11 is 0. The molecule has 0 radical (unpaired) electrons. The Bertz CT molecular complexity index is 242. The van der Waals surface area contributed by atoms with Gasteiger partial charge in [-0.05, 0) is 19.4 Å². The zero-order valence-corrected chi connectivity index (χ0v) is 9.19. The number of rotatable bonds is 8. The average Bonchev–Trinajstić information content (AvgIpc) is 2.08. The number of hydrogen-bond donors (Lipinski definition) is 5. The Balaban J connectivity index is 3.95. The number of nitrogens with one attached hydrogen (secondary N) is 1. The summed E-state index contributed by atoms with van der Waals surface area (Å²) in [5.41, 5.74) is 5.24. The van der Waals surface area contributed by atoms with E-state index in [9.17, 15) is 9.36 Å². The number of hydrogen-bond acceptors (Lipinski definition) is 4. The van der Waals surface area contributed by atoms with E-state index < -0.39 is 25.9 Å². The van der Waals surface area contributed by atoms with Crippen molar-refractivity contribution in [2.45, 2.75) is 25.3 Å². The van der Waals surface area contributed by atoms with E-state index >= 15 is 0 Å². The van der Waals surface area contributed by atoms with Crippen molar-refractivity contribution in [1.82, 2.24) is 5.32 Å². The third-order valence-corrected chi connectivity index (χ3v) is 2.38. The molecule has 0 aromatic rings. The van der Waals surface area contributed by atoms with Crippen LogP contribution in [0.4, 0.5) is 0 Å². The predicted octanol–water partition coefficient (Wildman–Crippen LogP) is -0.707. The molecule has 0 aliphatic carbocycles. The van der Waals surface area contributed by atoms with E-state index in [0.717, 1.165) is 0 Å². The third-order valence-electron chi connectivity index (χ3n) is 1.79. The number of unbranched alkanes of at least 4 members (excludes halogenated alkanes) is 1. The van der Waals surface area contributed by atoms with Gasteiger partial charge in [0, 0.05) is 0 Å². The van der Waals surface area contributed by atoms with E-state index in [1.807, 2.05) is 0 Å². The molecule has 0 amide bonds. The van der Waals surface area contributed by atoms with Crippen LogP contribution in [0, 0.1) is 0 Å². The second-order valence-corrected chi connectivity index (χ2v) is 4.85. The van der Waals surface area contributed by atoms with Gasteiger partial charge >= 0.3 is 13.6 Å². The first kappa shape index (κ1) is 14.5. The molecule has 0 aromatic carbocycles. The molecule has 6 N–H and O–H groups in total. The van der Waals surface area contributed by atoms with Crippen molar-refractivity contribution in [2.24, 2.45) is 5.73 Å². The van der Waals surface area contributed by atoms with Gasteiger partial charge in [-0.3, -0.25) is 14.7 Å². The molecule has 15 heavy (non-hydrogen) atoms. The van der Waals surface area contributed by atoms with Crippen molar-refractivity contribution in [1.29, 1.82) is 0 Å². The van der Waals surface area contributed by atoms with Gasteiger partial charge in [-0.15, -0.1) is 0 Å². The number of carboxylic acids is 1. The fourth-order valence-corrected chi connectivity index (χ4v) is 1.49. The summed E-state index contributed by atoms with van der Waals surface area (Å²) in [5, 5.41) is 11.0. The SMILES string of the molecule is NCCCC[C@H](NCP(=O)(O)O)C(=O)O. The first-order chi connectivity index (χ1) is 6.87. The molecule has 0 saturated carbocycles. The maximum Gasteiger partial charge on any atom is 0.339 e. The van der Waals surface area contributed by atoms with Gasteiger partial charge in [-0.1, -0.05) is 6.42 Å². The summed E-state index contributed by atoms with van der Waals surface area (Å²) in [4.78, 5) is 27.8. The maximum atomic E-state index is 10.7. The van der Waals surface area contributed by atoms with Gasteiger partial charge in [0.1, 0.15) is 6.04 Å². The first-order valence-electron chi connectivity index (χ1n) is 4.57. The first-order valence-corrected chi connectivity index (χ1v) is 6.37. The van der Waals surface area contributed by atoms with Gasteiger partial charge < -0.3 is 20.6 Å². The Morgan fingerprint density at radius 1 is 1.40 bits per heavy atom. The van der Waals surface area contributed by atoms with Crippen LogP contribution in [0.15, 0.2) is 0 Å². The Morgan fingerprint density at radius 2 is 2.00 bits per heavy atom. The molecule has 90 valence electrons. The molecule has 0 saturated heterocycles.